The van der Waals surface area contributed by atoms with Crippen LogP contribution >= 0.6 is 7.82 Å². The zero-order valence-corrected chi connectivity index (χ0v) is 48.6. The Balaban J connectivity index is 4.67. The molecule has 0 aliphatic carbocycles. The largest absolute Gasteiger partial charge is 0.472 e. The highest BCUT2D eigenvalue weighted by atomic mass is 31.2. The predicted octanol–water partition coefficient (Wildman–Crippen LogP) is 9.22. The molecule has 0 fully saturated rings. The highest BCUT2D eigenvalue weighted by molar-refractivity contribution is 7.47. The molecule has 0 saturated carbocycles. The monoisotopic (exact) mass is 1110 g/mol. The number of allylic oxidation sites excluding steroid dienone is 3. The third kappa shape index (κ3) is 51.0. The van der Waals surface area contributed by atoms with E-state index < -0.39 is 74.1 Å². The number of hydrogen-bond donors (Lipinski definition) is 2. The quantitative estimate of drug-likeness (QED) is 0.0144. The number of unbranched alkanes of at least 4 members (excludes halogenated alkanes) is 16. The van der Waals surface area contributed by atoms with Gasteiger partial charge in [-0.25, -0.2) is 9.36 Å². The summed E-state index contributed by atoms with van der Waals surface area (Å²) in [4.78, 5) is 86.1. The fourth-order valence-electron chi connectivity index (χ4n) is 7.02. The maximum absolute atomic E-state index is 12.8. The summed E-state index contributed by atoms with van der Waals surface area (Å²) in [5, 5.41) is 2.50. The number of nitrogens with one attached hydrogen (secondary N) is 1. The summed E-state index contributed by atoms with van der Waals surface area (Å²) >= 11 is 0. The second kappa shape index (κ2) is 46.2. The molecule has 0 aliphatic rings. The standard InChI is InChI=1S/C55H99N2O18P/c1-9-11-13-14-15-16-17-18-19-20-21-23-27-31-50(60)70-44-47(73-51(61)32-28-24-22-25-29-35-69-49(59)30-26-12-10-2)45-72-76(64,65)71-36-33-56-48(58)46-68-41-40-67-39-38-66-37-34-57(42-52(62)74-54(3,4)5)43-53(63)75-55(6,7)8/h10,12,26,30,47H,9,11,13-25,27-29,31-46H2,1-8H3,(H,56,58)(H,64,65)/b12-10+,30-26+/t47-/m1/s1. The number of carbonyl (C=O) groups excluding carboxylic acids is 6. The molecule has 21 heteroatoms. The Morgan fingerprint density at radius 3 is 1.61 bits per heavy atom. The van der Waals surface area contributed by atoms with Crippen molar-refractivity contribution < 1.29 is 85.2 Å². The molecular formula is C55H99N2O18P. The smallest absolute Gasteiger partial charge is 0.463 e. The first-order valence-electron chi connectivity index (χ1n) is 27.7. The average molecular weight is 1110 g/mol. The summed E-state index contributed by atoms with van der Waals surface area (Å²) in [6, 6.07) is 0. The van der Waals surface area contributed by atoms with Gasteiger partial charge < -0.3 is 48.1 Å². The first-order chi connectivity index (χ1) is 36.1. The highest BCUT2D eigenvalue weighted by Gasteiger charge is 2.27. The van der Waals surface area contributed by atoms with Crippen LogP contribution in [0.5, 0.6) is 0 Å². The molecule has 0 radical (unpaired) electrons. The van der Waals surface area contributed by atoms with Crippen molar-refractivity contribution in [3.63, 3.8) is 0 Å². The Labute approximate surface area is 455 Å². The fraction of sp³-hybridized carbons (Fsp3) is 0.818. The van der Waals surface area contributed by atoms with Crippen molar-refractivity contribution in [1.82, 2.24) is 10.2 Å². The van der Waals surface area contributed by atoms with E-state index in [-0.39, 0.29) is 85.3 Å². The van der Waals surface area contributed by atoms with Crippen LogP contribution < -0.4 is 5.32 Å². The molecule has 0 aromatic carbocycles. The van der Waals surface area contributed by atoms with Crippen molar-refractivity contribution in [3.8, 4) is 0 Å². The molecule has 0 aromatic rings. The van der Waals surface area contributed by atoms with E-state index in [1.165, 1.54) is 63.9 Å². The Kier molecular flexibility index (Phi) is 43.9. The van der Waals surface area contributed by atoms with Crippen molar-refractivity contribution in [3.05, 3.63) is 24.3 Å². The van der Waals surface area contributed by atoms with E-state index in [0.29, 0.717) is 25.9 Å². The van der Waals surface area contributed by atoms with Gasteiger partial charge in [-0.2, -0.15) is 0 Å². The summed E-state index contributed by atoms with van der Waals surface area (Å²) in [6.07, 6.45) is 24.3. The number of nitrogens with zero attached hydrogens (tertiary/aromatic N) is 1. The third-order valence-electron chi connectivity index (χ3n) is 10.7. The maximum Gasteiger partial charge on any atom is 0.472 e. The minimum Gasteiger partial charge on any atom is -0.463 e. The lowest BCUT2D eigenvalue weighted by molar-refractivity contribution is -0.161. The first kappa shape index (κ1) is 72.2. The number of esters is 5. The number of ether oxygens (including phenoxy) is 8. The second-order valence-corrected chi connectivity index (χ2v) is 21.9. The molecule has 0 aromatic heterocycles. The predicted molar refractivity (Wildman–Crippen MR) is 289 cm³/mol. The summed E-state index contributed by atoms with van der Waals surface area (Å²) in [5.74, 6) is -2.93. The molecule has 1 amide bonds. The van der Waals surface area contributed by atoms with Crippen LogP contribution in [0, 0.1) is 0 Å². The van der Waals surface area contributed by atoms with E-state index in [0.717, 1.165) is 38.5 Å². The second-order valence-electron chi connectivity index (χ2n) is 20.5. The van der Waals surface area contributed by atoms with Gasteiger partial charge in [0.2, 0.25) is 5.91 Å². The van der Waals surface area contributed by atoms with E-state index in [2.05, 4.69) is 12.2 Å². The molecule has 0 rings (SSSR count). The maximum atomic E-state index is 12.8. The van der Waals surface area contributed by atoms with Crippen LogP contribution in [0.2, 0.25) is 0 Å². The molecule has 0 saturated heterocycles. The number of phosphoric ester groups is 1. The minimum atomic E-state index is -4.69. The van der Waals surface area contributed by atoms with Crippen LogP contribution in [-0.4, -0.2) is 155 Å². The van der Waals surface area contributed by atoms with E-state index in [1.54, 1.807) is 64.7 Å². The van der Waals surface area contributed by atoms with E-state index >= 15 is 0 Å². The Morgan fingerprint density at radius 2 is 1.07 bits per heavy atom. The number of hydrogen-bond acceptors (Lipinski definition) is 18. The lowest BCUT2D eigenvalue weighted by Gasteiger charge is -2.26. The van der Waals surface area contributed by atoms with Crippen molar-refractivity contribution in [2.45, 2.75) is 201 Å². The molecule has 76 heavy (non-hydrogen) atoms. The van der Waals surface area contributed by atoms with Crippen LogP contribution in [0.1, 0.15) is 184 Å². The Morgan fingerprint density at radius 1 is 0.566 bits per heavy atom. The van der Waals surface area contributed by atoms with Crippen LogP contribution in [0.3, 0.4) is 0 Å². The van der Waals surface area contributed by atoms with Crippen LogP contribution in [0.15, 0.2) is 24.3 Å². The normalized spacial score (nSPS) is 13.2. The molecule has 1 unspecified atom stereocenters. The van der Waals surface area contributed by atoms with Crippen LogP contribution in [-0.2, 0) is 80.3 Å². The molecule has 2 atom stereocenters. The van der Waals surface area contributed by atoms with Gasteiger partial charge in [-0.3, -0.25) is 37.9 Å². The number of amides is 1. The van der Waals surface area contributed by atoms with Crippen molar-refractivity contribution in [1.29, 1.82) is 0 Å². The van der Waals surface area contributed by atoms with Crippen molar-refractivity contribution in [2.75, 3.05) is 92.2 Å². The minimum absolute atomic E-state index is 0.0633. The average Bonchev–Trinajstić information content (AvgIpc) is 3.32. The van der Waals surface area contributed by atoms with Crippen LogP contribution in [0.25, 0.3) is 0 Å². The first-order valence-corrected chi connectivity index (χ1v) is 29.2. The number of carbonyl (C=O) groups is 6. The summed E-state index contributed by atoms with van der Waals surface area (Å²) < 4.78 is 66.1. The Bertz CT molecular complexity index is 1630. The molecule has 442 valence electrons. The zero-order chi connectivity index (χ0) is 56.8. The number of rotatable bonds is 49. The lowest BCUT2D eigenvalue weighted by atomic mass is 10.0. The molecule has 0 aliphatic heterocycles. The lowest BCUT2D eigenvalue weighted by Crippen LogP contribution is -2.41. The molecule has 0 bridgehead atoms. The van der Waals surface area contributed by atoms with Gasteiger partial charge in [-0.1, -0.05) is 121 Å². The van der Waals surface area contributed by atoms with Gasteiger partial charge in [-0.05, 0) is 67.7 Å². The van der Waals surface area contributed by atoms with E-state index in [1.807, 2.05) is 6.92 Å². The zero-order valence-electron chi connectivity index (χ0n) is 47.7. The SMILES string of the molecule is C/C=C/C=C/C(=O)OCCCCCCCC(=O)O[C@H](COC(=O)CCCCCCCCCCCCCCC)COP(=O)(O)OCCNC(=O)COCCOCCOCCN(CC(=O)OC(C)(C)C)CC(=O)OC(C)(C)C. The van der Waals surface area contributed by atoms with Crippen molar-refractivity contribution in [2.24, 2.45) is 0 Å². The van der Waals surface area contributed by atoms with Gasteiger partial charge >= 0.3 is 37.7 Å². The van der Waals surface area contributed by atoms with E-state index in [4.69, 9.17) is 46.9 Å². The van der Waals surface area contributed by atoms with Gasteiger partial charge in [0.15, 0.2) is 6.10 Å². The molecule has 20 nitrogen and oxygen atoms in total. The van der Waals surface area contributed by atoms with E-state index in [9.17, 15) is 38.2 Å². The van der Waals surface area contributed by atoms with Gasteiger partial charge in [0.1, 0.15) is 24.4 Å². The topological polar surface area (TPSA) is 247 Å². The highest BCUT2D eigenvalue weighted by Crippen LogP contribution is 2.43. The third-order valence-corrected chi connectivity index (χ3v) is 11.7. The van der Waals surface area contributed by atoms with Crippen molar-refractivity contribution >= 4 is 43.6 Å². The van der Waals surface area contributed by atoms with Gasteiger partial charge in [0, 0.05) is 32.0 Å². The number of phosphoric acid groups is 1. The van der Waals surface area contributed by atoms with Gasteiger partial charge in [-0.15, -0.1) is 0 Å². The van der Waals surface area contributed by atoms with Gasteiger partial charge in [0.05, 0.1) is 65.9 Å². The fourth-order valence-corrected chi connectivity index (χ4v) is 7.77. The summed E-state index contributed by atoms with van der Waals surface area (Å²) in [7, 11) is -4.69. The van der Waals surface area contributed by atoms with Crippen LogP contribution in [0.4, 0.5) is 0 Å². The molecule has 0 heterocycles. The molecule has 0 spiro atoms. The Hall–Kier alpha value is -3.75. The molecular weight excluding hydrogens is 1010 g/mol. The van der Waals surface area contributed by atoms with Gasteiger partial charge in [0.25, 0.3) is 0 Å². The molecule has 2 N–H and O–H groups in total. The summed E-state index contributed by atoms with van der Waals surface area (Å²) in [5.41, 5.74) is -1.35. The summed E-state index contributed by atoms with van der Waals surface area (Å²) in [6.45, 7) is 14.1.